The molecule has 0 aliphatic rings. The van der Waals surface area contributed by atoms with Gasteiger partial charge in [-0.2, -0.15) is 0 Å². The van der Waals surface area contributed by atoms with Gasteiger partial charge >= 0.3 is 0 Å². The number of nitrogens with zero attached hydrogens (tertiary/aromatic N) is 1. The van der Waals surface area contributed by atoms with E-state index in [0.717, 1.165) is 0 Å². The molecule has 10 heteroatoms. The maximum Gasteiger partial charge on any atom is 0.270 e. The highest BCUT2D eigenvalue weighted by molar-refractivity contribution is 7.91. The van der Waals surface area contributed by atoms with Gasteiger partial charge in [0.1, 0.15) is 5.69 Å². The second-order valence-corrected chi connectivity index (χ2v) is 9.40. The summed E-state index contributed by atoms with van der Waals surface area (Å²) in [7, 11) is -2.09. The normalized spacial score (nSPS) is 11.3. The molecule has 2 heterocycles. The Balaban J connectivity index is 1.50. The van der Waals surface area contributed by atoms with Gasteiger partial charge in [0.15, 0.2) is 15.6 Å². The summed E-state index contributed by atoms with van der Waals surface area (Å²) in [6.45, 7) is 0.0714. The van der Waals surface area contributed by atoms with Crippen LogP contribution in [0.15, 0.2) is 82.3 Å². The van der Waals surface area contributed by atoms with Crippen LogP contribution in [0.25, 0.3) is 22.4 Å². The van der Waals surface area contributed by atoms with E-state index < -0.39 is 21.7 Å². The van der Waals surface area contributed by atoms with E-state index in [1.54, 1.807) is 36.4 Å². The maximum absolute atomic E-state index is 12.9. The van der Waals surface area contributed by atoms with Gasteiger partial charge in [0.2, 0.25) is 0 Å². The van der Waals surface area contributed by atoms with Crippen LogP contribution >= 0.6 is 0 Å². The molecule has 0 saturated heterocycles. The monoisotopic (exact) mass is 479 g/mol. The van der Waals surface area contributed by atoms with Crippen LogP contribution in [-0.4, -0.2) is 44.7 Å². The lowest BCUT2D eigenvalue weighted by Gasteiger charge is -2.11. The molecule has 2 amide bonds. The molecule has 0 spiro atoms. The fourth-order valence-corrected chi connectivity index (χ4v) is 4.46. The zero-order valence-corrected chi connectivity index (χ0v) is 19.0. The van der Waals surface area contributed by atoms with Crippen LogP contribution in [-0.2, 0) is 14.6 Å². The number of hydrazine groups is 1. The van der Waals surface area contributed by atoms with E-state index in [0.29, 0.717) is 27.9 Å². The fourth-order valence-electron chi connectivity index (χ4n) is 3.29. The van der Waals surface area contributed by atoms with Crippen LogP contribution in [0.1, 0.15) is 20.7 Å². The van der Waals surface area contributed by atoms with Crippen LogP contribution in [0.5, 0.6) is 0 Å². The fraction of sp³-hybridized carbons (Fsp3) is 0.125. The molecule has 4 aromatic rings. The number of ether oxygens (including phenoxy) is 1. The summed E-state index contributed by atoms with van der Waals surface area (Å²) in [5.74, 6) is -0.799. The SMILES string of the molecule is COCCS(=O)(=O)c1ccc(C(=O)NNC(=O)c2cc(-c3ccco3)nc3ccccc23)cc1. The Morgan fingerprint density at radius 3 is 2.41 bits per heavy atom. The highest BCUT2D eigenvalue weighted by Gasteiger charge is 2.17. The summed E-state index contributed by atoms with van der Waals surface area (Å²) in [5.41, 5.74) is 6.32. The highest BCUT2D eigenvalue weighted by atomic mass is 32.2. The zero-order chi connectivity index (χ0) is 24.1. The first kappa shape index (κ1) is 23.1. The molecule has 2 N–H and O–H groups in total. The smallest absolute Gasteiger partial charge is 0.270 e. The van der Waals surface area contributed by atoms with Gasteiger partial charge < -0.3 is 9.15 Å². The van der Waals surface area contributed by atoms with Crippen molar-refractivity contribution in [2.75, 3.05) is 19.5 Å². The minimum Gasteiger partial charge on any atom is -0.463 e. The number of rotatable bonds is 7. The van der Waals surface area contributed by atoms with Crippen LogP contribution in [0.2, 0.25) is 0 Å². The van der Waals surface area contributed by atoms with Crippen molar-refractivity contribution in [3.8, 4) is 11.5 Å². The standard InChI is InChI=1S/C24H21N3O6S/c1-32-13-14-34(30,31)17-10-8-16(9-11-17)23(28)26-27-24(29)19-15-21(22-7-4-12-33-22)25-20-6-3-2-5-18(19)20/h2-12,15H,13-14H2,1H3,(H,26,28)(H,27,29). The molecule has 0 aliphatic carbocycles. The molecule has 0 atom stereocenters. The number of hydrogen-bond donors (Lipinski definition) is 2. The molecular formula is C24H21N3O6S. The molecular weight excluding hydrogens is 458 g/mol. The van der Waals surface area contributed by atoms with Crippen LogP contribution < -0.4 is 10.9 Å². The lowest BCUT2D eigenvalue weighted by atomic mass is 10.1. The topological polar surface area (TPSA) is 128 Å². The van der Waals surface area contributed by atoms with E-state index in [-0.39, 0.29) is 22.8 Å². The van der Waals surface area contributed by atoms with Crippen LogP contribution in [0.3, 0.4) is 0 Å². The van der Waals surface area contributed by atoms with Crippen molar-refractivity contribution in [2.45, 2.75) is 4.90 Å². The Morgan fingerprint density at radius 1 is 0.971 bits per heavy atom. The Bertz CT molecular complexity index is 1430. The first-order valence-corrected chi connectivity index (χ1v) is 11.9. The molecule has 0 bridgehead atoms. The minimum atomic E-state index is -3.51. The number of carbonyl (C=O) groups is 2. The van der Waals surface area contributed by atoms with Gasteiger partial charge in [-0.1, -0.05) is 18.2 Å². The number of methoxy groups -OCH3 is 1. The molecule has 0 aliphatic heterocycles. The van der Waals surface area contributed by atoms with Gasteiger partial charge in [0, 0.05) is 18.1 Å². The van der Waals surface area contributed by atoms with E-state index in [1.165, 1.54) is 37.6 Å². The molecule has 0 radical (unpaired) electrons. The second-order valence-electron chi connectivity index (χ2n) is 7.29. The van der Waals surface area contributed by atoms with Gasteiger partial charge in [-0.3, -0.25) is 20.4 Å². The molecule has 0 fully saturated rings. The summed E-state index contributed by atoms with van der Waals surface area (Å²) in [6.07, 6.45) is 1.51. The highest BCUT2D eigenvalue weighted by Crippen LogP contribution is 2.25. The predicted molar refractivity (Wildman–Crippen MR) is 125 cm³/mol. The van der Waals surface area contributed by atoms with Crippen molar-refractivity contribution in [1.29, 1.82) is 0 Å². The lowest BCUT2D eigenvalue weighted by Crippen LogP contribution is -2.41. The Morgan fingerprint density at radius 2 is 1.71 bits per heavy atom. The van der Waals surface area contributed by atoms with E-state index >= 15 is 0 Å². The summed E-state index contributed by atoms with van der Waals surface area (Å²) in [5, 5.41) is 0.607. The van der Waals surface area contributed by atoms with Gasteiger partial charge in [-0.15, -0.1) is 0 Å². The molecule has 34 heavy (non-hydrogen) atoms. The molecule has 0 unspecified atom stereocenters. The average molecular weight is 480 g/mol. The van der Waals surface area contributed by atoms with Crippen molar-refractivity contribution in [3.05, 3.63) is 84.1 Å². The van der Waals surface area contributed by atoms with Crippen LogP contribution in [0, 0.1) is 0 Å². The number of furan rings is 1. The number of aromatic nitrogens is 1. The van der Waals surface area contributed by atoms with E-state index in [9.17, 15) is 18.0 Å². The average Bonchev–Trinajstić information content (AvgIpc) is 3.40. The number of para-hydroxylation sites is 1. The number of sulfone groups is 1. The number of amides is 2. The third-order valence-electron chi connectivity index (χ3n) is 5.06. The van der Waals surface area contributed by atoms with Crippen molar-refractivity contribution < 1.29 is 27.2 Å². The Hall–Kier alpha value is -4.02. The van der Waals surface area contributed by atoms with Gasteiger partial charge in [0.05, 0.1) is 34.6 Å². The second kappa shape index (κ2) is 9.86. The third kappa shape index (κ3) is 4.98. The summed E-state index contributed by atoms with van der Waals surface area (Å²) in [6, 6.07) is 17.6. The van der Waals surface area contributed by atoms with Crippen molar-refractivity contribution in [2.24, 2.45) is 0 Å². The third-order valence-corrected chi connectivity index (χ3v) is 6.75. The van der Waals surface area contributed by atoms with Gasteiger partial charge in [0.25, 0.3) is 11.8 Å². The summed E-state index contributed by atoms with van der Waals surface area (Å²) < 4.78 is 34.6. The number of pyridine rings is 1. The largest absolute Gasteiger partial charge is 0.463 e. The molecule has 2 aromatic heterocycles. The van der Waals surface area contributed by atoms with Crippen molar-refractivity contribution in [3.63, 3.8) is 0 Å². The van der Waals surface area contributed by atoms with E-state index in [2.05, 4.69) is 15.8 Å². The van der Waals surface area contributed by atoms with Crippen LogP contribution in [0.4, 0.5) is 0 Å². The van der Waals surface area contributed by atoms with Gasteiger partial charge in [-0.25, -0.2) is 13.4 Å². The lowest BCUT2D eigenvalue weighted by molar-refractivity contribution is 0.0847. The minimum absolute atomic E-state index is 0.0714. The molecule has 4 rings (SSSR count). The van der Waals surface area contributed by atoms with E-state index in [1.807, 2.05) is 6.07 Å². The molecule has 2 aromatic carbocycles. The number of carbonyl (C=O) groups excluding carboxylic acids is 2. The first-order valence-electron chi connectivity index (χ1n) is 10.2. The Labute approximate surface area is 195 Å². The number of fused-ring (bicyclic) bond motifs is 1. The quantitative estimate of drug-likeness (QED) is 0.390. The molecule has 0 saturated carbocycles. The van der Waals surface area contributed by atoms with Crippen molar-refractivity contribution in [1.82, 2.24) is 15.8 Å². The summed E-state index contributed by atoms with van der Waals surface area (Å²) in [4.78, 5) is 30.0. The first-order chi connectivity index (χ1) is 16.4. The maximum atomic E-state index is 12.9. The van der Waals surface area contributed by atoms with Gasteiger partial charge in [-0.05, 0) is 48.5 Å². The zero-order valence-electron chi connectivity index (χ0n) is 18.1. The number of nitrogens with one attached hydrogen (secondary N) is 2. The van der Waals surface area contributed by atoms with Crippen molar-refractivity contribution >= 4 is 32.6 Å². The number of hydrogen-bond acceptors (Lipinski definition) is 7. The molecule has 9 nitrogen and oxygen atoms in total. The molecule has 174 valence electrons. The van der Waals surface area contributed by atoms with E-state index in [4.69, 9.17) is 9.15 Å². The predicted octanol–water partition coefficient (Wildman–Crippen LogP) is 2.99. The Kier molecular flexibility index (Phi) is 6.71. The number of benzene rings is 2. The summed E-state index contributed by atoms with van der Waals surface area (Å²) >= 11 is 0.